The summed E-state index contributed by atoms with van der Waals surface area (Å²) in [7, 11) is 0. The molecule has 1 aromatic heterocycles. The molecule has 5 nitrogen and oxygen atoms in total. The van der Waals surface area contributed by atoms with E-state index in [0.717, 1.165) is 16.7 Å². The molecule has 0 aliphatic carbocycles. The number of benzene rings is 2. The first-order valence-corrected chi connectivity index (χ1v) is 7.80. The van der Waals surface area contributed by atoms with Gasteiger partial charge >= 0.3 is 0 Å². The van der Waals surface area contributed by atoms with E-state index < -0.39 is 0 Å². The number of H-pyrrole nitrogens is 1. The highest BCUT2D eigenvalue weighted by atomic mass is 16.3. The van der Waals surface area contributed by atoms with Gasteiger partial charge in [-0.2, -0.15) is 5.26 Å². The molecule has 0 bridgehead atoms. The molecule has 0 fully saturated rings. The quantitative estimate of drug-likeness (QED) is 0.553. The largest absolute Gasteiger partial charge is 0.509 e. The van der Waals surface area contributed by atoms with E-state index in [4.69, 9.17) is 0 Å². The minimum atomic E-state index is 0.00209. The fraction of sp³-hybridized carbons (Fsp3) is 0.158. The van der Waals surface area contributed by atoms with Gasteiger partial charge in [0, 0.05) is 12.2 Å². The number of nitriles is 1. The van der Waals surface area contributed by atoms with Gasteiger partial charge in [0.2, 0.25) is 0 Å². The van der Waals surface area contributed by atoms with Gasteiger partial charge in [0.1, 0.15) is 17.4 Å². The van der Waals surface area contributed by atoms with E-state index in [1.54, 1.807) is 0 Å². The van der Waals surface area contributed by atoms with Crippen LogP contribution in [0.15, 0.2) is 60.4 Å². The van der Waals surface area contributed by atoms with Gasteiger partial charge in [-0.25, -0.2) is 4.98 Å². The van der Waals surface area contributed by atoms with Crippen LogP contribution < -0.4 is 4.90 Å². The van der Waals surface area contributed by atoms with Gasteiger partial charge < -0.3 is 15.0 Å². The second-order valence-electron chi connectivity index (χ2n) is 5.39. The Morgan fingerprint density at radius 1 is 1.17 bits per heavy atom. The first kappa shape index (κ1) is 15.6. The Morgan fingerprint density at radius 2 is 1.88 bits per heavy atom. The van der Waals surface area contributed by atoms with Crippen LogP contribution in [0, 0.1) is 11.3 Å². The van der Waals surface area contributed by atoms with Gasteiger partial charge in [-0.3, -0.25) is 0 Å². The van der Waals surface area contributed by atoms with Gasteiger partial charge in [0.15, 0.2) is 5.82 Å². The molecule has 1 heterocycles. The average molecular weight is 318 g/mol. The van der Waals surface area contributed by atoms with Gasteiger partial charge in [0.25, 0.3) is 0 Å². The van der Waals surface area contributed by atoms with Crippen molar-refractivity contribution in [1.29, 1.82) is 5.26 Å². The molecule has 0 aliphatic heterocycles. The molecule has 2 N–H and O–H groups in total. The number of nitrogens with zero attached hydrogens (tertiary/aromatic N) is 3. The summed E-state index contributed by atoms with van der Waals surface area (Å²) in [5.41, 5.74) is 2.76. The number of likely N-dealkylation sites (N-methyl/N-ethyl adjacent to an activating group) is 1. The highest BCUT2D eigenvalue weighted by Crippen LogP contribution is 2.21. The van der Waals surface area contributed by atoms with E-state index in [9.17, 15) is 10.4 Å². The molecule has 0 atom stereocenters. The van der Waals surface area contributed by atoms with Crippen LogP contribution in [0.1, 0.15) is 12.7 Å². The summed E-state index contributed by atoms with van der Waals surface area (Å²) in [5, 5.41) is 20.0. The fourth-order valence-corrected chi connectivity index (χ4v) is 2.61. The lowest BCUT2D eigenvalue weighted by Crippen LogP contribution is -2.25. The SMILES string of the molecule is CCN(CC(O)=C(C#N)c1nc2ccccc2[nH]1)c1ccccc1. The minimum absolute atomic E-state index is 0.00209. The third kappa shape index (κ3) is 3.08. The van der Waals surface area contributed by atoms with Crippen LogP contribution in [-0.2, 0) is 0 Å². The molecule has 24 heavy (non-hydrogen) atoms. The topological polar surface area (TPSA) is 75.9 Å². The number of hydrogen-bond donors (Lipinski definition) is 2. The van der Waals surface area contributed by atoms with Crippen molar-refractivity contribution in [3.8, 4) is 6.07 Å². The van der Waals surface area contributed by atoms with Gasteiger partial charge in [-0.1, -0.05) is 30.3 Å². The van der Waals surface area contributed by atoms with Crippen LogP contribution in [-0.4, -0.2) is 28.2 Å². The number of aromatic amines is 1. The molecule has 0 spiro atoms. The number of aliphatic hydroxyl groups is 1. The Morgan fingerprint density at radius 3 is 2.54 bits per heavy atom. The van der Waals surface area contributed by atoms with Crippen molar-refractivity contribution in [3.63, 3.8) is 0 Å². The van der Waals surface area contributed by atoms with E-state index >= 15 is 0 Å². The van der Waals surface area contributed by atoms with E-state index in [2.05, 4.69) is 16.0 Å². The van der Waals surface area contributed by atoms with Crippen molar-refractivity contribution in [2.75, 3.05) is 18.0 Å². The number of para-hydroxylation sites is 3. The molecule has 0 saturated heterocycles. The second kappa shape index (κ2) is 6.88. The van der Waals surface area contributed by atoms with Crippen LogP contribution in [0.25, 0.3) is 16.6 Å². The maximum atomic E-state index is 10.5. The Labute approximate surface area is 140 Å². The molecule has 120 valence electrons. The van der Waals surface area contributed by atoms with Crippen LogP contribution in [0.5, 0.6) is 0 Å². The summed E-state index contributed by atoms with van der Waals surface area (Å²) in [4.78, 5) is 9.48. The van der Waals surface area contributed by atoms with Gasteiger partial charge in [-0.05, 0) is 31.2 Å². The average Bonchev–Trinajstić information content (AvgIpc) is 3.04. The molecular formula is C19H18N4O. The predicted molar refractivity (Wildman–Crippen MR) is 95.6 cm³/mol. The lowest BCUT2D eigenvalue weighted by molar-refractivity contribution is 0.402. The summed E-state index contributed by atoms with van der Waals surface area (Å²) in [6.07, 6.45) is 0. The molecular weight excluding hydrogens is 300 g/mol. The molecule has 0 amide bonds. The number of aromatic nitrogens is 2. The van der Waals surface area contributed by atoms with Crippen molar-refractivity contribution >= 4 is 22.3 Å². The van der Waals surface area contributed by atoms with Crippen molar-refractivity contribution < 1.29 is 5.11 Å². The molecule has 0 unspecified atom stereocenters. The summed E-state index contributed by atoms with van der Waals surface area (Å²) >= 11 is 0. The zero-order chi connectivity index (χ0) is 16.9. The van der Waals surface area contributed by atoms with Crippen molar-refractivity contribution in [2.24, 2.45) is 0 Å². The standard InChI is InChI=1S/C19H18N4O/c1-2-23(14-8-4-3-5-9-14)13-18(24)15(12-20)19-21-16-10-6-7-11-17(16)22-19/h3-11,24H,2,13H2,1H3,(H,21,22). The van der Waals surface area contributed by atoms with Gasteiger partial charge in [-0.15, -0.1) is 0 Å². The number of rotatable bonds is 5. The van der Waals surface area contributed by atoms with Crippen LogP contribution >= 0.6 is 0 Å². The van der Waals surface area contributed by atoms with E-state index in [0.29, 0.717) is 12.4 Å². The molecule has 3 rings (SSSR count). The van der Waals surface area contributed by atoms with Crippen molar-refractivity contribution in [1.82, 2.24) is 9.97 Å². The monoisotopic (exact) mass is 318 g/mol. The Balaban J connectivity index is 1.94. The normalized spacial score (nSPS) is 11.8. The third-order valence-electron chi connectivity index (χ3n) is 3.87. The van der Waals surface area contributed by atoms with E-state index in [1.165, 1.54) is 0 Å². The second-order valence-corrected chi connectivity index (χ2v) is 5.39. The summed E-state index contributed by atoms with van der Waals surface area (Å²) in [6.45, 7) is 2.97. The predicted octanol–water partition coefficient (Wildman–Crippen LogP) is 3.88. The fourth-order valence-electron chi connectivity index (χ4n) is 2.61. The van der Waals surface area contributed by atoms with Gasteiger partial charge in [0.05, 0.1) is 17.6 Å². The smallest absolute Gasteiger partial charge is 0.152 e. The zero-order valence-electron chi connectivity index (χ0n) is 13.4. The number of fused-ring (bicyclic) bond motifs is 1. The van der Waals surface area contributed by atoms with E-state index in [-0.39, 0.29) is 17.9 Å². The lowest BCUT2D eigenvalue weighted by atomic mass is 10.2. The first-order valence-electron chi connectivity index (χ1n) is 7.80. The number of anilines is 1. The van der Waals surface area contributed by atoms with Crippen molar-refractivity contribution in [2.45, 2.75) is 6.92 Å². The number of aliphatic hydroxyl groups excluding tert-OH is 1. The Bertz CT molecular complexity index is 873. The van der Waals surface area contributed by atoms with Crippen LogP contribution in [0.3, 0.4) is 0 Å². The molecule has 3 aromatic rings. The maximum absolute atomic E-state index is 10.5. The summed E-state index contributed by atoms with van der Waals surface area (Å²) in [5.74, 6) is 0.391. The summed E-state index contributed by atoms with van der Waals surface area (Å²) < 4.78 is 0. The Kier molecular flexibility index (Phi) is 4.48. The molecule has 0 saturated carbocycles. The number of imidazole rings is 1. The lowest BCUT2D eigenvalue weighted by Gasteiger charge is -2.22. The molecule has 5 heteroatoms. The minimum Gasteiger partial charge on any atom is -0.509 e. The van der Waals surface area contributed by atoms with Crippen molar-refractivity contribution in [3.05, 3.63) is 66.2 Å². The maximum Gasteiger partial charge on any atom is 0.152 e. The Hall–Kier alpha value is -3.26. The van der Waals surface area contributed by atoms with Crippen LogP contribution in [0.2, 0.25) is 0 Å². The highest BCUT2D eigenvalue weighted by Gasteiger charge is 2.15. The first-order chi connectivity index (χ1) is 11.7. The number of allylic oxidation sites excluding steroid dienone is 1. The number of hydrogen-bond acceptors (Lipinski definition) is 4. The molecule has 0 radical (unpaired) electrons. The molecule has 0 aliphatic rings. The zero-order valence-corrected chi connectivity index (χ0v) is 13.4. The highest BCUT2D eigenvalue weighted by molar-refractivity contribution is 5.83. The van der Waals surface area contributed by atoms with Crippen LogP contribution in [0.4, 0.5) is 5.69 Å². The third-order valence-corrected chi connectivity index (χ3v) is 3.87. The summed E-state index contributed by atoms with van der Waals surface area (Å²) in [6, 6.07) is 19.4. The number of nitrogens with one attached hydrogen (secondary N) is 1. The molecule has 2 aromatic carbocycles. The van der Waals surface area contributed by atoms with E-state index in [1.807, 2.05) is 66.4 Å².